The predicted octanol–water partition coefficient (Wildman–Crippen LogP) is 4.41. The zero-order valence-corrected chi connectivity index (χ0v) is 15.5. The van der Waals surface area contributed by atoms with E-state index in [4.69, 9.17) is 0 Å². The number of sulfonamides is 1. The zero-order valence-electron chi connectivity index (χ0n) is 14.7. The topological polar surface area (TPSA) is 66.4 Å². The van der Waals surface area contributed by atoms with Crippen molar-refractivity contribution in [2.75, 3.05) is 4.72 Å². The molecule has 7 heteroatoms. The molecule has 0 bridgehead atoms. The molecule has 0 heterocycles. The third-order valence-electron chi connectivity index (χ3n) is 4.78. The Hall–Kier alpha value is -2.77. The molecule has 0 aliphatic heterocycles. The van der Waals surface area contributed by atoms with Crippen molar-refractivity contribution in [1.29, 1.82) is 0 Å². The summed E-state index contributed by atoms with van der Waals surface area (Å²) in [5, 5.41) is 10.2. The molecule has 0 aromatic heterocycles. The van der Waals surface area contributed by atoms with Crippen molar-refractivity contribution in [3.8, 4) is 11.1 Å². The second-order valence-electron chi connectivity index (χ2n) is 6.87. The van der Waals surface area contributed by atoms with Gasteiger partial charge in [-0.3, -0.25) is 4.72 Å². The van der Waals surface area contributed by atoms with Crippen LogP contribution in [0.5, 0.6) is 0 Å². The maximum Gasteiger partial charge on any atom is 0.261 e. The third-order valence-corrected chi connectivity index (χ3v) is 6.18. The second-order valence-corrected chi connectivity index (χ2v) is 8.55. The van der Waals surface area contributed by atoms with Crippen LogP contribution in [0.4, 0.5) is 14.5 Å². The van der Waals surface area contributed by atoms with E-state index in [0.717, 1.165) is 12.1 Å². The highest BCUT2D eigenvalue weighted by Crippen LogP contribution is 2.45. The van der Waals surface area contributed by atoms with Crippen molar-refractivity contribution >= 4 is 15.7 Å². The zero-order chi connectivity index (χ0) is 19.9. The van der Waals surface area contributed by atoms with Crippen molar-refractivity contribution in [1.82, 2.24) is 0 Å². The Morgan fingerprint density at radius 1 is 0.929 bits per heavy atom. The number of hydrogen-bond acceptors (Lipinski definition) is 3. The van der Waals surface area contributed by atoms with E-state index < -0.39 is 27.3 Å². The highest BCUT2D eigenvalue weighted by Gasteiger charge is 2.42. The van der Waals surface area contributed by atoms with Gasteiger partial charge in [-0.15, -0.1) is 0 Å². The second kappa shape index (κ2) is 6.68. The molecule has 2 N–H and O–H groups in total. The largest absolute Gasteiger partial charge is 0.385 e. The number of benzene rings is 3. The van der Waals surface area contributed by atoms with Gasteiger partial charge in [0, 0.05) is 17.3 Å². The third kappa shape index (κ3) is 3.63. The van der Waals surface area contributed by atoms with E-state index >= 15 is 0 Å². The Labute approximate surface area is 161 Å². The Kier molecular flexibility index (Phi) is 4.44. The van der Waals surface area contributed by atoms with E-state index in [2.05, 4.69) is 4.72 Å². The van der Waals surface area contributed by atoms with Crippen LogP contribution >= 0.6 is 0 Å². The summed E-state index contributed by atoms with van der Waals surface area (Å²) in [5.41, 5.74) is 0.793. The molecule has 0 atom stereocenters. The molecule has 1 aliphatic carbocycles. The molecule has 4 rings (SSSR count). The summed E-state index contributed by atoms with van der Waals surface area (Å²) < 4.78 is 54.7. The lowest BCUT2D eigenvalue weighted by molar-refractivity contribution is 0.151. The maximum absolute atomic E-state index is 13.9. The first-order chi connectivity index (χ1) is 13.3. The van der Waals surface area contributed by atoms with Gasteiger partial charge in [-0.25, -0.2) is 17.2 Å². The molecule has 4 nitrogen and oxygen atoms in total. The molecule has 1 saturated carbocycles. The standard InChI is InChI=1S/C21H17F2NO3S/c22-16-6-9-19(20(23)13-16)14-4-7-18(8-5-14)28(26,27)24-17-3-1-2-15(12-17)21(25)10-11-21/h1-9,12-13,24-25H,10-11H2. The lowest BCUT2D eigenvalue weighted by Crippen LogP contribution is -2.13. The van der Waals surface area contributed by atoms with Gasteiger partial charge in [0.25, 0.3) is 10.0 Å². The van der Waals surface area contributed by atoms with E-state index in [0.29, 0.717) is 29.7 Å². The van der Waals surface area contributed by atoms with Crippen molar-refractivity contribution in [2.45, 2.75) is 23.3 Å². The van der Waals surface area contributed by atoms with Crippen LogP contribution < -0.4 is 4.72 Å². The minimum Gasteiger partial charge on any atom is -0.385 e. The molecule has 0 radical (unpaired) electrons. The van der Waals surface area contributed by atoms with E-state index in [1.165, 1.54) is 30.3 Å². The first kappa shape index (κ1) is 18.6. The van der Waals surface area contributed by atoms with Gasteiger partial charge in [0.15, 0.2) is 0 Å². The highest BCUT2D eigenvalue weighted by atomic mass is 32.2. The highest BCUT2D eigenvalue weighted by molar-refractivity contribution is 7.92. The van der Waals surface area contributed by atoms with Gasteiger partial charge in [-0.05, 0) is 60.4 Å². The van der Waals surface area contributed by atoms with Gasteiger partial charge < -0.3 is 5.11 Å². The Morgan fingerprint density at radius 2 is 1.64 bits per heavy atom. The quantitative estimate of drug-likeness (QED) is 0.665. The summed E-state index contributed by atoms with van der Waals surface area (Å²) in [6.07, 6.45) is 1.31. The summed E-state index contributed by atoms with van der Waals surface area (Å²) in [6, 6.07) is 15.6. The number of hydrogen-bond donors (Lipinski definition) is 2. The minimum atomic E-state index is -3.86. The first-order valence-corrected chi connectivity index (χ1v) is 10.2. The number of anilines is 1. The maximum atomic E-state index is 13.9. The summed E-state index contributed by atoms with van der Waals surface area (Å²) in [6.45, 7) is 0. The first-order valence-electron chi connectivity index (χ1n) is 8.68. The Balaban J connectivity index is 1.58. The fraction of sp³-hybridized carbons (Fsp3) is 0.143. The van der Waals surface area contributed by atoms with Crippen molar-refractivity contribution < 1.29 is 22.3 Å². The van der Waals surface area contributed by atoms with Crippen LogP contribution in [-0.4, -0.2) is 13.5 Å². The summed E-state index contributed by atoms with van der Waals surface area (Å²) >= 11 is 0. The van der Waals surface area contributed by atoms with E-state index in [1.54, 1.807) is 24.3 Å². The van der Waals surface area contributed by atoms with Crippen LogP contribution in [0.2, 0.25) is 0 Å². The van der Waals surface area contributed by atoms with Gasteiger partial charge in [0.2, 0.25) is 0 Å². The fourth-order valence-corrected chi connectivity index (χ4v) is 4.08. The monoisotopic (exact) mass is 401 g/mol. The molecule has 1 aliphatic rings. The van der Waals surface area contributed by atoms with Gasteiger partial charge in [0.1, 0.15) is 11.6 Å². The van der Waals surface area contributed by atoms with Crippen molar-refractivity contribution in [3.05, 3.63) is 83.9 Å². The predicted molar refractivity (Wildman–Crippen MR) is 102 cm³/mol. The Morgan fingerprint density at radius 3 is 2.29 bits per heavy atom. The normalized spacial score (nSPS) is 15.2. The van der Waals surface area contributed by atoms with Crippen LogP contribution in [0, 0.1) is 11.6 Å². The summed E-state index contributed by atoms with van der Waals surface area (Å²) in [5.74, 6) is -1.40. The van der Waals surface area contributed by atoms with E-state index in [9.17, 15) is 22.3 Å². The molecule has 28 heavy (non-hydrogen) atoms. The van der Waals surface area contributed by atoms with Crippen LogP contribution in [0.25, 0.3) is 11.1 Å². The molecule has 3 aromatic carbocycles. The molecular weight excluding hydrogens is 384 g/mol. The SMILES string of the molecule is O=S(=O)(Nc1cccc(C2(O)CC2)c1)c1ccc(-c2ccc(F)cc2F)cc1. The van der Waals surface area contributed by atoms with Crippen LogP contribution in [0.3, 0.4) is 0 Å². The van der Waals surface area contributed by atoms with Gasteiger partial charge >= 0.3 is 0 Å². The summed E-state index contributed by atoms with van der Waals surface area (Å²) in [4.78, 5) is 0.00862. The smallest absolute Gasteiger partial charge is 0.261 e. The molecule has 1 fully saturated rings. The van der Waals surface area contributed by atoms with E-state index in [-0.39, 0.29) is 10.5 Å². The average Bonchev–Trinajstić information content (AvgIpc) is 3.41. The molecule has 0 unspecified atom stereocenters. The van der Waals surface area contributed by atoms with Crippen LogP contribution in [0.15, 0.2) is 71.6 Å². The lowest BCUT2D eigenvalue weighted by Gasteiger charge is -2.12. The van der Waals surface area contributed by atoms with Crippen molar-refractivity contribution in [3.63, 3.8) is 0 Å². The number of halogens is 2. The fourth-order valence-electron chi connectivity index (χ4n) is 3.03. The number of aliphatic hydroxyl groups is 1. The minimum absolute atomic E-state index is 0.00862. The number of rotatable bonds is 5. The average molecular weight is 401 g/mol. The van der Waals surface area contributed by atoms with Crippen LogP contribution in [-0.2, 0) is 15.6 Å². The van der Waals surface area contributed by atoms with Gasteiger partial charge in [-0.1, -0.05) is 24.3 Å². The molecule has 0 saturated heterocycles. The molecule has 144 valence electrons. The molecule has 3 aromatic rings. The van der Waals surface area contributed by atoms with Crippen LogP contribution in [0.1, 0.15) is 18.4 Å². The molecule has 0 amide bonds. The van der Waals surface area contributed by atoms with Gasteiger partial charge in [-0.2, -0.15) is 0 Å². The van der Waals surface area contributed by atoms with Crippen molar-refractivity contribution in [2.24, 2.45) is 0 Å². The lowest BCUT2D eigenvalue weighted by atomic mass is 10.1. The Bertz CT molecular complexity index is 1140. The summed E-state index contributed by atoms with van der Waals surface area (Å²) in [7, 11) is -3.86. The molecule has 0 spiro atoms. The molecular formula is C21H17F2NO3S. The van der Waals surface area contributed by atoms with Gasteiger partial charge in [0.05, 0.1) is 10.5 Å². The number of nitrogens with one attached hydrogen (secondary N) is 1. The van der Waals surface area contributed by atoms with E-state index in [1.807, 2.05) is 0 Å².